The van der Waals surface area contributed by atoms with Gasteiger partial charge in [-0.25, -0.2) is 13.5 Å². The summed E-state index contributed by atoms with van der Waals surface area (Å²) in [5.41, 5.74) is 2.35. The zero-order chi connectivity index (χ0) is 15.7. The van der Waals surface area contributed by atoms with E-state index in [4.69, 9.17) is 0 Å². The molecule has 0 radical (unpaired) electrons. The Balaban J connectivity index is 2.27. The van der Waals surface area contributed by atoms with Crippen molar-refractivity contribution in [3.05, 3.63) is 65.4 Å². The van der Waals surface area contributed by atoms with Crippen LogP contribution in [0.4, 0.5) is 8.78 Å². The first-order valence-corrected chi connectivity index (χ1v) is 6.49. The van der Waals surface area contributed by atoms with Crippen molar-refractivity contribution in [3.8, 4) is 23.0 Å². The number of benzene rings is 2. The predicted molar refractivity (Wildman–Crippen MR) is 76.2 cm³/mol. The van der Waals surface area contributed by atoms with Crippen molar-refractivity contribution in [1.29, 1.82) is 5.26 Å². The Morgan fingerprint density at radius 2 is 1.86 bits per heavy atom. The van der Waals surface area contributed by atoms with Crippen molar-refractivity contribution in [1.82, 2.24) is 15.0 Å². The number of nitriles is 1. The summed E-state index contributed by atoms with van der Waals surface area (Å²) >= 11 is 0. The molecule has 0 fully saturated rings. The average molecular weight is 296 g/mol. The number of aryl methyl sites for hydroxylation is 1. The van der Waals surface area contributed by atoms with Crippen LogP contribution in [0.25, 0.3) is 16.9 Å². The van der Waals surface area contributed by atoms with Crippen LogP contribution in [0.5, 0.6) is 0 Å². The van der Waals surface area contributed by atoms with Crippen molar-refractivity contribution in [2.75, 3.05) is 0 Å². The third-order valence-electron chi connectivity index (χ3n) is 3.31. The van der Waals surface area contributed by atoms with Crippen LogP contribution < -0.4 is 0 Å². The van der Waals surface area contributed by atoms with Gasteiger partial charge in [0.2, 0.25) is 0 Å². The first-order valence-electron chi connectivity index (χ1n) is 6.49. The van der Waals surface area contributed by atoms with Crippen molar-refractivity contribution in [3.63, 3.8) is 0 Å². The minimum atomic E-state index is -0.987. The van der Waals surface area contributed by atoms with Crippen LogP contribution in [0.15, 0.2) is 42.5 Å². The van der Waals surface area contributed by atoms with Crippen molar-refractivity contribution in [2.24, 2.45) is 0 Å². The molecule has 0 saturated carbocycles. The highest BCUT2D eigenvalue weighted by Crippen LogP contribution is 2.27. The lowest BCUT2D eigenvalue weighted by Gasteiger charge is -2.09. The molecule has 0 aliphatic rings. The summed E-state index contributed by atoms with van der Waals surface area (Å²) in [5, 5.41) is 17.0. The number of para-hydroxylation sites is 1. The van der Waals surface area contributed by atoms with E-state index in [9.17, 15) is 14.0 Å². The molecule has 0 bridgehead atoms. The highest BCUT2D eigenvalue weighted by atomic mass is 19.2. The summed E-state index contributed by atoms with van der Waals surface area (Å²) in [6, 6.07) is 12.8. The summed E-state index contributed by atoms with van der Waals surface area (Å²) in [5.74, 6) is -1.93. The molecule has 2 aromatic carbocycles. The van der Waals surface area contributed by atoms with Gasteiger partial charge >= 0.3 is 0 Å². The van der Waals surface area contributed by atoms with Crippen molar-refractivity contribution >= 4 is 0 Å². The molecule has 0 aliphatic carbocycles. The number of rotatable bonds is 2. The van der Waals surface area contributed by atoms with E-state index in [1.54, 1.807) is 0 Å². The first-order chi connectivity index (χ1) is 10.6. The molecule has 3 rings (SSSR count). The summed E-state index contributed by atoms with van der Waals surface area (Å²) in [6.45, 7) is 1.89. The lowest BCUT2D eigenvalue weighted by Crippen LogP contribution is -2.02. The van der Waals surface area contributed by atoms with Gasteiger partial charge in [0.15, 0.2) is 17.3 Å². The molecular weight excluding hydrogens is 286 g/mol. The van der Waals surface area contributed by atoms with E-state index in [1.807, 2.05) is 37.3 Å². The molecule has 0 atom stereocenters. The third-order valence-corrected chi connectivity index (χ3v) is 3.31. The van der Waals surface area contributed by atoms with Crippen LogP contribution in [0.1, 0.15) is 11.3 Å². The standard InChI is InChI=1S/C16H10F2N4/c1-10-4-2-3-5-15(10)22-16(14(9-19)20-21-22)11-6-7-12(17)13(18)8-11/h2-8H,1H3. The second kappa shape index (κ2) is 5.37. The fourth-order valence-electron chi connectivity index (χ4n) is 2.23. The van der Waals surface area contributed by atoms with E-state index < -0.39 is 11.6 Å². The Hall–Kier alpha value is -3.07. The normalized spacial score (nSPS) is 10.5. The average Bonchev–Trinajstić information content (AvgIpc) is 2.94. The van der Waals surface area contributed by atoms with Gasteiger partial charge in [0.1, 0.15) is 11.8 Å². The van der Waals surface area contributed by atoms with Crippen molar-refractivity contribution in [2.45, 2.75) is 6.92 Å². The van der Waals surface area contributed by atoms with Gasteiger partial charge in [-0.15, -0.1) is 5.10 Å². The molecule has 3 aromatic rings. The van der Waals surface area contributed by atoms with E-state index in [0.29, 0.717) is 11.3 Å². The smallest absolute Gasteiger partial charge is 0.191 e. The summed E-state index contributed by atoms with van der Waals surface area (Å²) in [4.78, 5) is 0. The monoisotopic (exact) mass is 296 g/mol. The molecular formula is C16H10F2N4. The van der Waals surface area contributed by atoms with Gasteiger partial charge in [0, 0.05) is 5.56 Å². The van der Waals surface area contributed by atoms with Crippen LogP contribution >= 0.6 is 0 Å². The predicted octanol–water partition coefficient (Wildman–Crippen LogP) is 3.39. The lowest BCUT2D eigenvalue weighted by atomic mass is 10.1. The Kier molecular flexibility index (Phi) is 3.39. The van der Waals surface area contributed by atoms with Crippen LogP contribution in [-0.2, 0) is 0 Å². The van der Waals surface area contributed by atoms with Crippen LogP contribution in [0, 0.1) is 29.9 Å². The Labute approximate surface area is 125 Å². The van der Waals surface area contributed by atoms with E-state index in [2.05, 4.69) is 10.3 Å². The molecule has 0 N–H and O–H groups in total. The SMILES string of the molecule is Cc1ccccc1-n1nnc(C#N)c1-c1ccc(F)c(F)c1. The van der Waals surface area contributed by atoms with Crippen molar-refractivity contribution < 1.29 is 8.78 Å². The molecule has 6 heteroatoms. The molecule has 0 amide bonds. The van der Waals surface area contributed by atoms with E-state index >= 15 is 0 Å². The summed E-state index contributed by atoms with van der Waals surface area (Å²) < 4.78 is 28.1. The maximum atomic E-state index is 13.5. The van der Waals surface area contributed by atoms with Gasteiger partial charge < -0.3 is 0 Å². The third kappa shape index (κ3) is 2.23. The zero-order valence-electron chi connectivity index (χ0n) is 11.6. The maximum Gasteiger partial charge on any atom is 0.191 e. The second-order valence-corrected chi connectivity index (χ2v) is 4.73. The van der Waals surface area contributed by atoms with Crippen LogP contribution in [0.3, 0.4) is 0 Å². The molecule has 108 valence electrons. The minimum absolute atomic E-state index is 0.0502. The Morgan fingerprint density at radius 3 is 2.55 bits per heavy atom. The molecule has 1 heterocycles. The molecule has 1 aromatic heterocycles. The van der Waals surface area contributed by atoms with Gasteiger partial charge in [0.25, 0.3) is 0 Å². The number of aromatic nitrogens is 3. The van der Waals surface area contributed by atoms with Gasteiger partial charge in [-0.2, -0.15) is 5.26 Å². The summed E-state index contributed by atoms with van der Waals surface area (Å²) in [7, 11) is 0. The molecule has 0 unspecified atom stereocenters. The van der Waals surface area contributed by atoms with Gasteiger partial charge in [0.05, 0.1) is 5.69 Å². The second-order valence-electron chi connectivity index (χ2n) is 4.73. The topological polar surface area (TPSA) is 54.5 Å². The fourth-order valence-corrected chi connectivity index (χ4v) is 2.23. The number of hydrogen-bond donors (Lipinski definition) is 0. The molecule has 22 heavy (non-hydrogen) atoms. The number of halogens is 2. The molecule has 4 nitrogen and oxygen atoms in total. The van der Waals surface area contributed by atoms with Crippen LogP contribution in [0.2, 0.25) is 0 Å². The highest BCUT2D eigenvalue weighted by Gasteiger charge is 2.18. The van der Waals surface area contributed by atoms with Crippen LogP contribution in [-0.4, -0.2) is 15.0 Å². The van der Waals surface area contributed by atoms with Gasteiger partial charge in [-0.1, -0.05) is 23.4 Å². The van der Waals surface area contributed by atoms with E-state index in [-0.39, 0.29) is 5.69 Å². The maximum absolute atomic E-state index is 13.5. The fraction of sp³-hybridized carbons (Fsp3) is 0.0625. The molecule has 0 aliphatic heterocycles. The largest absolute Gasteiger partial charge is 0.211 e. The first kappa shape index (κ1) is 13.9. The zero-order valence-corrected chi connectivity index (χ0v) is 11.6. The summed E-state index contributed by atoms with van der Waals surface area (Å²) in [6.07, 6.45) is 0. The number of nitrogens with zero attached hydrogens (tertiary/aromatic N) is 4. The van der Waals surface area contributed by atoms with Gasteiger partial charge in [-0.05, 0) is 36.8 Å². The van der Waals surface area contributed by atoms with E-state index in [0.717, 1.165) is 23.4 Å². The Bertz CT molecular complexity index is 893. The Morgan fingerprint density at radius 1 is 1.09 bits per heavy atom. The quantitative estimate of drug-likeness (QED) is 0.728. The lowest BCUT2D eigenvalue weighted by molar-refractivity contribution is 0.509. The van der Waals surface area contributed by atoms with E-state index in [1.165, 1.54) is 10.7 Å². The van der Waals surface area contributed by atoms with Gasteiger partial charge in [-0.3, -0.25) is 0 Å². The number of hydrogen-bond acceptors (Lipinski definition) is 3. The minimum Gasteiger partial charge on any atom is -0.211 e. The molecule has 0 saturated heterocycles. The molecule has 0 spiro atoms. The highest BCUT2D eigenvalue weighted by molar-refractivity contribution is 5.67.